The van der Waals surface area contributed by atoms with Gasteiger partial charge in [-0.25, -0.2) is 9.59 Å². The zero-order valence-electron chi connectivity index (χ0n) is 31.2. The summed E-state index contributed by atoms with van der Waals surface area (Å²) in [5, 5.41) is 9.41. The van der Waals surface area contributed by atoms with E-state index in [1.807, 2.05) is 43.2 Å². The fourth-order valence-electron chi connectivity index (χ4n) is 4.67. The van der Waals surface area contributed by atoms with Crippen molar-refractivity contribution in [3.05, 3.63) is 108 Å². The second kappa shape index (κ2) is 25.6. The fourth-order valence-corrected chi connectivity index (χ4v) is 4.67. The molecule has 1 aliphatic heterocycles. The van der Waals surface area contributed by atoms with Gasteiger partial charge in [0.15, 0.2) is 0 Å². The molecule has 1 aliphatic rings. The predicted octanol–water partition coefficient (Wildman–Crippen LogP) is 5.13. The van der Waals surface area contributed by atoms with Crippen LogP contribution in [0.25, 0.3) is 0 Å². The van der Waals surface area contributed by atoms with Crippen LogP contribution in [0.2, 0.25) is 0 Å². The summed E-state index contributed by atoms with van der Waals surface area (Å²) in [6.45, 7) is 9.38. The molecule has 56 heavy (non-hydrogen) atoms. The molecular formula is C43H54N2O11. The maximum Gasteiger partial charge on any atom is 0.344 e. The van der Waals surface area contributed by atoms with E-state index in [4.69, 9.17) is 30.1 Å². The molecule has 0 bridgehead atoms. The number of nitrogens with zero attached hydrogens (tertiary/aromatic N) is 2. The number of hydrogen-bond acceptors (Lipinski definition) is 11. The van der Waals surface area contributed by atoms with E-state index in [0.717, 1.165) is 11.6 Å². The number of amides is 2. The van der Waals surface area contributed by atoms with Crippen LogP contribution in [-0.4, -0.2) is 118 Å². The monoisotopic (exact) mass is 774 g/mol. The van der Waals surface area contributed by atoms with Gasteiger partial charge in [-0.2, -0.15) is 0 Å². The molecule has 3 aromatic rings. The quantitative estimate of drug-likeness (QED) is 0.159. The topological polar surface area (TPSA) is 150 Å². The van der Waals surface area contributed by atoms with E-state index < -0.39 is 11.9 Å². The Bertz CT molecular complexity index is 1900. The minimum Gasteiger partial charge on any atom is -0.508 e. The minimum atomic E-state index is -0.611. The summed E-state index contributed by atoms with van der Waals surface area (Å²) >= 11 is 0. The molecule has 0 aliphatic carbocycles. The van der Waals surface area contributed by atoms with E-state index >= 15 is 0 Å². The van der Waals surface area contributed by atoms with E-state index in [9.17, 15) is 24.3 Å². The highest BCUT2D eigenvalue weighted by molar-refractivity contribution is 5.95. The second-order valence-electron chi connectivity index (χ2n) is 11.6. The smallest absolute Gasteiger partial charge is 0.344 e. The van der Waals surface area contributed by atoms with E-state index in [1.54, 1.807) is 34.1 Å². The van der Waals surface area contributed by atoms with E-state index in [2.05, 4.69) is 29.1 Å². The lowest BCUT2D eigenvalue weighted by Gasteiger charge is -2.24. The average molecular weight is 775 g/mol. The summed E-state index contributed by atoms with van der Waals surface area (Å²) in [4.78, 5) is 52.4. The third-order valence-corrected chi connectivity index (χ3v) is 7.62. The Labute approximate surface area is 334 Å². The van der Waals surface area contributed by atoms with Crippen LogP contribution in [0.3, 0.4) is 0 Å². The number of ether oxygens (including phenoxy) is 6. The van der Waals surface area contributed by atoms with Gasteiger partial charge in [0.1, 0.15) is 17.6 Å². The molecule has 1 heterocycles. The van der Waals surface area contributed by atoms with Crippen LogP contribution in [0.1, 0.15) is 43.8 Å². The SMILES string of the molecule is C#CC#CC#COC(=O)C=C.Cc1ccc(C(=O)N2CCOCCOCCN(C(=O)c3ccc(OC(=O)c4ccc(O)cc4)cc3)CCOCCOCC2)cc1.[HH].[HH].[HH].[HH].[HH]. The van der Waals surface area contributed by atoms with Crippen LogP contribution in [0.15, 0.2) is 85.5 Å². The number of benzene rings is 3. The zero-order chi connectivity index (χ0) is 40.4. The summed E-state index contributed by atoms with van der Waals surface area (Å²) in [6.07, 6.45) is 7.82. The van der Waals surface area contributed by atoms with Gasteiger partial charge in [-0.1, -0.05) is 24.3 Å². The molecule has 302 valence electrons. The van der Waals surface area contributed by atoms with Crippen LogP contribution >= 0.6 is 0 Å². The number of carbonyl (C=O) groups excluding carboxylic acids is 4. The highest BCUT2D eigenvalue weighted by Gasteiger charge is 2.18. The summed E-state index contributed by atoms with van der Waals surface area (Å²) in [5.41, 5.74) is 2.44. The first kappa shape index (κ1) is 44.0. The van der Waals surface area contributed by atoms with Gasteiger partial charge in [0.25, 0.3) is 11.8 Å². The number of esters is 2. The van der Waals surface area contributed by atoms with Crippen molar-refractivity contribution in [2.75, 3.05) is 79.0 Å². The molecule has 1 saturated heterocycles. The third kappa shape index (κ3) is 16.7. The van der Waals surface area contributed by atoms with Crippen molar-refractivity contribution in [1.29, 1.82) is 0 Å². The third-order valence-electron chi connectivity index (χ3n) is 7.62. The van der Waals surface area contributed by atoms with Crippen LogP contribution in [-0.2, 0) is 28.5 Å². The predicted molar refractivity (Wildman–Crippen MR) is 217 cm³/mol. The van der Waals surface area contributed by atoms with Gasteiger partial charge in [0.2, 0.25) is 0 Å². The normalized spacial score (nSPS) is 14.1. The molecule has 4 rings (SSSR count). The fraction of sp³-hybridized carbons (Fsp3) is 0.302. The second-order valence-corrected chi connectivity index (χ2v) is 11.6. The molecule has 1 N–H and O–H groups in total. The number of phenolic OH excluding ortho intramolecular Hbond substituents is 1. The molecule has 0 spiro atoms. The molecule has 0 atom stereocenters. The Morgan fingerprint density at radius 2 is 1.12 bits per heavy atom. The number of phenols is 1. The van der Waals surface area contributed by atoms with Crippen LogP contribution in [0, 0.1) is 43.1 Å². The Hall–Kier alpha value is -6.40. The van der Waals surface area contributed by atoms with Crippen LogP contribution in [0.4, 0.5) is 0 Å². The molecule has 13 heteroatoms. The molecule has 0 radical (unpaired) electrons. The Morgan fingerprint density at radius 1 is 0.679 bits per heavy atom. The van der Waals surface area contributed by atoms with E-state index in [1.165, 1.54) is 24.3 Å². The lowest BCUT2D eigenvalue weighted by molar-refractivity contribution is -0.131. The first-order valence-electron chi connectivity index (χ1n) is 17.6. The largest absolute Gasteiger partial charge is 0.508 e. The lowest BCUT2D eigenvalue weighted by Crippen LogP contribution is -2.38. The van der Waals surface area contributed by atoms with Gasteiger partial charge in [0.05, 0.1) is 58.4 Å². The molecular weight excluding hydrogens is 720 g/mol. The van der Waals surface area contributed by atoms with Gasteiger partial charge in [-0.15, -0.1) is 6.42 Å². The number of rotatable bonds is 5. The first-order valence-corrected chi connectivity index (χ1v) is 17.6. The van der Waals surface area contributed by atoms with Crippen molar-refractivity contribution in [3.63, 3.8) is 0 Å². The van der Waals surface area contributed by atoms with Crippen molar-refractivity contribution in [2.45, 2.75) is 6.92 Å². The van der Waals surface area contributed by atoms with Gasteiger partial charge in [0, 0.05) is 62.4 Å². The average Bonchev–Trinajstić information content (AvgIpc) is 3.21. The maximum atomic E-state index is 13.3. The summed E-state index contributed by atoms with van der Waals surface area (Å²) < 4.78 is 32.5. The van der Waals surface area contributed by atoms with Crippen molar-refractivity contribution in [3.8, 4) is 47.7 Å². The molecule has 13 nitrogen and oxygen atoms in total. The van der Waals surface area contributed by atoms with E-state index in [0.29, 0.717) is 101 Å². The number of terminal acetylenes is 1. The molecule has 0 unspecified atom stereocenters. The maximum absolute atomic E-state index is 13.3. The van der Waals surface area contributed by atoms with Gasteiger partial charge in [-0.05, 0) is 79.4 Å². The molecule has 3 aromatic carbocycles. The van der Waals surface area contributed by atoms with Crippen molar-refractivity contribution in [2.24, 2.45) is 0 Å². The Morgan fingerprint density at radius 3 is 1.57 bits per heavy atom. The minimum absolute atomic E-state index is 0. The van der Waals surface area contributed by atoms with Crippen molar-refractivity contribution < 1.29 is 59.8 Å². The van der Waals surface area contributed by atoms with Crippen molar-refractivity contribution >= 4 is 23.8 Å². The van der Waals surface area contributed by atoms with Crippen LogP contribution < -0.4 is 4.74 Å². The standard InChI is InChI=1S/C34H40N2O9.C9H4O2.5H2/c1-26-2-4-27(5-3-26)32(38)35-14-18-41-22-24-43-20-16-36(17-21-44-25-23-42-19-15-35)33(39)28-8-12-31(13-9-28)45-34(40)29-6-10-30(37)11-7-29;1-3-5-6-7-8-11-9(10)4-2;;;;;/h2-13,37H,14-25H2,1H3;1,4H,2H2;5*1H. The number of aromatic hydroxyl groups is 1. The highest BCUT2D eigenvalue weighted by Crippen LogP contribution is 2.17. The van der Waals surface area contributed by atoms with Crippen molar-refractivity contribution in [1.82, 2.24) is 9.80 Å². The Kier molecular flexibility index (Phi) is 20.1. The lowest BCUT2D eigenvalue weighted by atomic mass is 10.1. The van der Waals surface area contributed by atoms with Gasteiger partial charge in [-0.3, -0.25) is 9.59 Å². The zero-order valence-corrected chi connectivity index (χ0v) is 31.2. The number of aryl methyl sites for hydroxylation is 1. The molecule has 1 fully saturated rings. The summed E-state index contributed by atoms with van der Waals surface area (Å²) in [7, 11) is 0. The number of hydrogen-bond donors (Lipinski definition) is 1. The van der Waals surface area contributed by atoms with Crippen LogP contribution in [0.5, 0.6) is 11.5 Å². The summed E-state index contributed by atoms with van der Waals surface area (Å²) in [5.74, 6) is 7.61. The first-order chi connectivity index (χ1) is 27.2. The Balaban J connectivity index is -0.00000186. The molecule has 0 aromatic heterocycles. The van der Waals surface area contributed by atoms with Gasteiger partial charge < -0.3 is 43.3 Å². The van der Waals surface area contributed by atoms with Gasteiger partial charge >= 0.3 is 11.9 Å². The highest BCUT2D eigenvalue weighted by atomic mass is 16.5. The number of carbonyl (C=O) groups is 4. The van der Waals surface area contributed by atoms with E-state index in [-0.39, 0.29) is 24.7 Å². The summed E-state index contributed by atoms with van der Waals surface area (Å²) in [6, 6.07) is 19.6. The molecule has 2 amide bonds. The molecule has 0 saturated carbocycles.